The van der Waals surface area contributed by atoms with Gasteiger partial charge in [-0.15, -0.1) is 11.3 Å². The summed E-state index contributed by atoms with van der Waals surface area (Å²) in [6, 6.07) is 16.7. The van der Waals surface area contributed by atoms with Gasteiger partial charge in [0.15, 0.2) is 0 Å². The summed E-state index contributed by atoms with van der Waals surface area (Å²) < 4.78 is 7.63. The maximum absolute atomic E-state index is 13.0. The number of nitrogens with one attached hydrogen (secondary N) is 1. The summed E-state index contributed by atoms with van der Waals surface area (Å²) in [6.45, 7) is 1.28. The number of benzene rings is 2. The van der Waals surface area contributed by atoms with Crippen molar-refractivity contribution in [3.05, 3.63) is 103 Å². The zero-order chi connectivity index (χ0) is 23.4. The molecule has 0 fully saturated rings. The maximum Gasteiger partial charge on any atom is 0.257 e. The number of halogens is 2. The summed E-state index contributed by atoms with van der Waals surface area (Å²) in [5.41, 5.74) is 1.89. The van der Waals surface area contributed by atoms with Crippen LogP contribution < -0.4 is 10.7 Å². The first-order chi connectivity index (χ1) is 15.9. The summed E-state index contributed by atoms with van der Waals surface area (Å²) in [5, 5.41) is 4.68. The van der Waals surface area contributed by atoms with E-state index in [4.69, 9.17) is 27.9 Å². The van der Waals surface area contributed by atoms with Gasteiger partial charge in [-0.1, -0.05) is 47.5 Å². The van der Waals surface area contributed by atoms with Crippen molar-refractivity contribution < 1.29 is 9.53 Å². The van der Waals surface area contributed by atoms with Crippen molar-refractivity contribution in [2.75, 3.05) is 6.61 Å². The van der Waals surface area contributed by atoms with Crippen molar-refractivity contribution in [1.29, 1.82) is 0 Å². The number of hydrogen-bond donors (Lipinski definition) is 1. The minimum absolute atomic E-state index is 0.118. The minimum Gasteiger partial charge on any atom is -0.376 e. The van der Waals surface area contributed by atoms with Crippen LogP contribution in [0.4, 0.5) is 0 Å². The van der Waals surface area contributed by atoms with Gasteiger partial charge in [0.1, 0.15) is 10.4 Å². The van der Waals surface area contributed by atoms with Crippen LogP contribution in [0.25, 0.3) is 10.2 Å². The Morgan fingerprint density at radius 2 is 1.67 bits per heavy atom. The molecular formula is C25H22Cl2N2O3S. The van der Waals surface area contributed by atoms with Crippen molar-refractivity contribution in [3.63, 3.8) is 0 Å². The smallest absolute Gasteiger partial charge is 0.257 e. The van der Waals surface area contributed by atoms with Gasteiger partial charge in [0.25, 0.3) is 5.91 Å². The van der Waals surface area contributed by atoms with Gasteiger partial charge < -0.3 is 14.6 Å². The number of fused-ring (bicyclic) bond motifs is 1. The van der Waals surface area contributed by atoms with Crippen LogP contribution in [0.2, 0.25) is 10.0 Å². The quantitative estimate of drug-likeness (QED) is 0.320. The Morgan fingerprint density at radius 3 is 2.33 bits per heavy atom. The van der Waals surface area contributed by atoms with E-state index in [0.29, 0.717) is 35.2 Å². The van der Waals surface area contributed by atoms with Crippen LogP contribution in [0.15, 0.2) is 65.6 Å². The highest BCUT2D eigenvalue weighted by molar-refractivity contribution is 7.18. The predicted molar refractivity (Wildman–Crippen MR) is 135 cm³/mol. The average molecular weight is 501 g/mol. The number of carbonyl (C=O) groups is 1. The third-order valence-electron chi connectivity index (χ3n) is 5.20. The topological polar surface area (TPSA) is 60.3 Å². The predicted octanol–water partition coefficient (Wildman–Crippen LogP) is 5.60. The summed E-state index contributed by atoms with van der Waals surface area (Å²) in [7, 11) is 1.83. The van der Waals surface area contributed by atoms with E-state index in [0.717, 1.165) is 27.3 Å². The molecule has 5 nitrogen and oxygen atoms in total. The number of nitrogens with zero attached hydrogens (tertiary/aromatic N) is 1. The van der Waals surface area contributed by atoms with Gasteiger partial charge in [-0.05, 0) is 47.9 Å². The largest absolute Gasteiger partial charge is 0.376 e. The van der Waals surface area contributed by atoms with Gasteiger partial charge in [-0.2, -0.15) is 0 Å². The number of carbonyl (C=O) groups excluding carboxylic acids is 1. The monoisotopic (exact) mass is 500 g/mol. The number of hydrogen-bond acceptors (Lipinski definition) is 4. The highest BCUT2D eigenvalue weighted by atomic mass is 35.5. The van der Waals surface area contributed by atoms with E-state index in [-0.39, 0.29) is 11.0 Å². The van der Waals surface area contributed by atoms with Gasteiger partial charge >= 0.3 is 0 Å². The SMILES string of the molecule is Cn1cc(C(=O)NCc2ccc(Cl)cc2)c(=O)c2cc(COCCc3ccc(Cl)cc3)sc21. The van der Waals surface area contributed by atoms with E-state index in [1.807, 2.05) is 54.1 Å². The standard InChI is InChI=1S/C25H22Cl2N2O3S/c1-29-14-22(24(31)28-13-17-4-8-19(27)9-5-17)23(30)21-12-20(33-25(21)29)15-32-11-10-16-2-6-18(26)7-3-16/h2-9,12,14H,10-11,13,15H2,1H3,(H,28,31). The van der Waals surface area contributed by atoms with Gasteiger partial charge in [0, 0.05) is 34.7 Å². The molecule has 2 aromatic heterocycles. The molecule has 0 atom stereocenters. The van der Waals surface area contributed by atoms with Gasteiger partial charge in [0.05, 0.1) is 18.6 Å². The molecule has 0 spiro atoms. The second-order valence-electron chi connectivity index (χ2n) is 7.65. The fourth-order valence-electron chi connectivity index (χ4n) is 3.44. The first-order valence-electron chi connectivity index (χ1n) is 10.4. The van der Waals surface area contributed by atoms with E-state index >= 15 is 0 Å². The molecule has 0 unspecified atom stereocenters. The van der Waals surface area contributed by atoms with Gasteiger partial charge in [-0.3, -0.25) is 9.59 Å². The second kappa shape index (κ2) is 10.5. The lowest BCUT2D eigenvalue weighted by molar-refractivity contribution is 0.0949. The lowest BCUT2D eigenvalue weighted by Gasteiger charge is -2.07. The third-order valence-corrected chi connectivity index (χ3v) is 6.90. The van der Waals surface area contributed by atoms with E-state index in [2.05, 4.69) is 5.32 Å². The van der Waals surface area contributed by atoms with E-state index < -0.39 is 5.91 Å². The molecule has 170 valence electrons. The number of aromatic nitrogens is 1. The van der Waals surface area contributed by atoms with E-state index in [1.165, 1.54) is 11.3 Å². The number of rotatable bonds is 8. The number of ether oxygens (including phenoxy) is 1. The number of aryl methyl sites for hydroxylation is 1. The van der Waals surface area contributed by atoms with Crippen LogP contribution in [0.3, 0.4) is 0 Å². The van der Waals surface area contributed by atoms with Gasteiger partial charge in [0.2, 0.25) is 5.43 Å². The first kappa shape index (κ1) is 23.5. The van der Waals surface area contributed by atoms with Crippen LogP contribution in [0, 0.1) is 0 Å². The lowest BCUT2D eigenvalue weighted by atomic mass is 10.2. The van der Waals surface area contributed by atoms with Crippen molar-refractivity contribution in [3.8, 4) is 0 Å². The minimum atomic E-state index is -0.403. The molecule has 0 bridgehead atoms. The molecule has 0 radical (unpaired) electrons. The molecule has 4 rings (SSSR count). The van der Waals surface area contributed by atoms with Crippen molar-refractivity contribution in [1.82, 2.24) is 9.88 Å². The second-order valence-corrected chi connectivity index (χ2v) is 9.64. The van der Waals surface area contributed by atoms with Crippen LogP contribution in [0.1, 0.15) is 26.4 Å². The Balaban J connectivity index is 1.41. The van der Waals surface area contributed by atoms with Crippen molar-refractivity contribution in [2.24, 2.45) is 7.05 Å². The molecule has 8 heteroatoms. The summed E-state index contributed by atoms with van der Waals surface area (Å²) >= 11 is 13.3. The lowest BCUT2D eigenvalue weighted by Crippen LogP contribution is -2.29. The third kappa shape index (κ3) is 5.84. The summed E-state index contributed by atoms with van der Waals surface area (Å²) in [4.78, 5) is 27.4. The molecule has 0 saturated carbocycles. The van der Waals surface area contributed by atoms with Crippen LogP contribution in [-0.4, -0.2) is 17.1 Å². The Labute approximate surface area is 205 Å². The molecule has 4 aromatic rings. The Kier molecular flexibility index (Phi) is 7.50. The zero-order valence-corrected chi connectivity index (χ0v) is 20.3. The Hall–Kier alpha value is -2.64. The maximum atomic E-state index is 13.0. The van der Waals surface area contributed by atoms with Crippen molar-refractivity contribution >= 4 is 50.7 Å². The molecule has 33 heavy (non-hydrogen) atoms. The molecule has 1 amide bonds. The highest BCUT2D eigenvalue weighted by Gasteiger charge is 2.17. The van der Waals surface area contributed by atoms with E-state index in [1.54, 1.807) is 18.3 Å². The van der Waals surface area contributed by atoms with Gasteiger partial charge in [-0.25, -0.2) is 0 Å². The van der Waals surface area contributed by atoms with Crippen molar-refractivity contribution in [2.45, 2.75) is 19.6 Å². The number of amides is 1. The molecule has 0 aliphatic heterocycles. The van der Waals surface area contributed by atoms with E-state index in [9.17, 15) is 9.59 Å². The molecule has 2 heterocycles. The fraction of sp³-hybridized carbons (Fsp3) is 0.200. The number of pyridine rings is 1. The molecule has 0 aliphatic rings. The molecule has 0 saturated heterocycles. The first-order valence-corrected chi connectivity index (χ1v) is 11.9. The molecular weight excluding hydrogens is 479 g/mol. The fourth-order valence-corrected chi connectivity index (χ4v) is 4.72. The summed E-state index contributed by atoms with van der Waals surface area (Å²) in [6.07, 6.45) is 2.37. The normalized spacial score (nSPS) is 11.1. The highest BCUT2D eigenvalue weighted by Crippen LogP contribution is 2.24. The molecule has 2 aromatic carbocycles. The van der Waals surface area contributed by atoms with Crippen LogP contribution in [0.5, 0.6) is 0 Å². The van der Waals surface area contributed by atoms with Crippen LogP contribution in [-0.2, 0) is 31.4 Å². The Bertz CT molecular complexity index is 1330. The van der Waals surface area contributed by atoms with Crippen LogP contribution >= 0.6 is 34.5 Å². The molecule has 0 aliphatic carbocycles. The number of thiophene rings is 1. The zero-order valence-electron chi connectivity index (χ0n) is 17.9. The Morgan fingerprint density at radius 1 is 1.03 bits per heavy atom. The summed E-state index contributed by atoms with van der Waals surface area (Å²) in [5.74, 6) is -0.403. The molecule has 1 N–H and O–H groups in total. The average Bonchev–Trinajstić information content (AvgIpc) is 3.25.